The van der Waals surface area contributed by atoms with Crippen LogP contribution in [0.4, 0.5) is 0 Å². The fourth-order valence-corrected chi connectivity index (χ4v) is 2.92. The number of hydrogen-bond donors (Lipinski definition) is 0. The molecule has 0 aliphatic carbocycles. The predicted molar refractivity (Wildman–Crippen MR) is 75.9 cm³/mol. The van der Waals surface area contributed by atoms with E-state index in [1.807, 2.05) is 18.2 Å². The average molecular weight is 375 g/mol. The van der Waals surface area contributed by atoms with Gasteiger partial charge in [0.15, 0.2) is 0 Å². The number of hydrogen-bond acceptors (Lipinski definition) is 0. The van der Waals surface area contributed by atoms with E-state index in [2.05, 4.69) is 38.8 Å². The minimum atomic E-state index is 0.206. The lowest BCUT2D eigenvalue weighted by atomic mass is 9.88. The highest BCUT2D eigenvalue weighted by molar-refractivity contribution is 9.09. The third-order valence-electron chi connectivity index (χ3n) is 2.26. The van der Waals surface area contributed by atoms with Gasteiger partial charge in [-0.15, -0.1) is 0 Å². The molecule has 0 fully saturated rings. The van der Waals surface area contributed by atoms with Gasteiger partial charge in [0.25, 0.3) is 0 Å². The molecule has 0 spiro atoms. The first-order valence-electron chi connectivity index (χ1n) is 4.56. The van der Waals surface area contributed by atoms with Crippen LogP contribution in [-0.2, 0) is 6.42 Å². The van der Waals surface area contributed by atoms with E-state index in [-0.39, 0.29) is 5.41 Å². The Balaban J connectivity index is 2.85. The number of halogens is 4. The molecule has 0 saturated heterocycles. The zero-order valence-corrected chi connectivity index (χ0v) is 13.0. The molecule has 0 unspecified atom stereocenters. The quantitative estimate of drug-likeness (QED) is 0.624. The molecule has 84 valence electrons. The van der Waals surface area contributed by atoms with Crippen molar-refractivity contribution in [1.82, 2.24) is 0 Å². The summed E-state index contributed by atoms with van der Waals surface area (Å²) in [6.45, 7) is 2.22. The van der Waals surface area contributed by atoms with Gasteiger partial charge < -0.3 is 0 Å². The molecule has 0 heterocycles. The van der Waals surface area contributed by atoms with Crippen LogP contribution in [0.5, 0.6) is 0 Å². The molecule has 4 heteroatoms. The summed E-state index contributed by atoms with van der Waals surface area (Å²) in [5.74, 6) is 0. The second kappa shape index (κ2) is 5.90. The van der Waals surface area contributed by atoms with Gasteiger partial charge in [0, 0.05) is 10.7 Å². The molecule has 1 rings (SSSR count). The molecule has 15 heavy (non-hydrogen) atoms. The van der Waals surface area contributed by atoms with Crippen molar-refractivity contribution < 1.29 is 0 Å². The van der Waals surface area contributed by atoms with Gasteiger partial charge in [-0.05, 0) is 29.5 Å². The lowest BCUT2D eigenvalue weighted by Gasteiger charge is -2.24. The SMILES string of the molecule is CC(CBr)(CBr)Cc1ccc(Cl)c(Cl)c1. The lowest BCUT2D eigenvalue weighted by molar-refractivity contribution is 0.439. The molecule has 0 aromatic heterocycles. The van der Waals surface area contributed by atoms with Crippen LogP contribution in [0.25, 0.3) is 0 Å². The van der Waals surface area contributed by atoms with E-state index in [1.165, 1.54) is 5.56 Å². The second-order valence-corrected chi connectivity index (χ2v) is 5.94. The van der Waals surface area contributed by atoms with Crippen molar-refractivity contribution in [1.29, 1.82) is 0 Å². The van der Waals surface area contributed by atoms with Crippen LogP contribution in [0.3, 0.4) is 0 Å². The summed E-state index contributed by atoms with van der Waals surface area (Å²) in [6, 6.07) is 5.81. The normalized spacial score (nSPS) is 11.8. The van der Waals surface area contributed by atoms with E-state index in [1.54, 1.807) is 0 Å². The van der Waals surface area contributed by atoms with Crippen LogP contribution < -0.4 is 0 Å². The fraction of sp³-hybridized carbons (Fsp3) is 0.455. The number of alkyl halides is 2. The molecule has 0 saturated carbocycles. The highest BCUT2D eigenvalue weighted by Crippen LogP contribution is 2.30. The zero-order chi connectivity index (χ0) is 11.5. The molecule has 0 N–H and O–H groups in total. The Bertz CT molecular complexity index is 335. The van der Waals surface area contributed by atoms with Crippen molar-refractivity contribution in [3.05, 3.63) is 33.8 Å². The van der Waals surface area contributed by atoms with Crippen molar-refractivity contribution in [3.8, 4) is 0 Å². The van der Waals surface area contributed by atoms with Gasteiger partial charge >= 0.3 is 0 Å². The molecule has 0 aliphatic rings. The summed E-state index contributed by atoms with van der Waals surface area (Å²) < 4.78 is 0. The van der Waals surface area contributed by atoms with Gasteiger partial charge in [-0.3, -0.25) is 0 Å². The third-order valence-corrected chi connectivity index (χ3v) is 5.71. The fourth-order valence-electron chi connectivity index (χ4n) is 1.27. The lowest BCUT2D eigenvalue weighted by Crippen LogP contribution is -2.23. The molecule has 0 amide bonds. The Hall–Kier alpha value is 0.760. The van der Waals surface area contributed by atoms with E-state index in [0.29, 0.717) is 10.0 Å². The van der Waals surface area contributed by atoms with Gasteiger partial charge in [-0.2, -0.15) is 0 Å². The van der Waals surface area contributed by atoms with Crippen LogP contribution in [-0.4, -0.2) is 10.7 Å². The van der Waals surface area contributed by atoms with Crippen molar-refractivity contribution >= 4 is 55.1 Å². The average Bonchev–Trinajstić information content (AvgIpc) is 2.23. The molecular weight excluding hydrogens is 363 g/mol. The third kappa shape index (κ3) is 3.92. The van der Waals surface area contributed by atoms with Crippen molar-refractivity contribution in [2.45, 2.75) is 13.3 Å². The molecular formula is C11H12Br2Cl2. The van der Waals surface area contributed by atoms with Gasteiger partial charge in [0.05, 0.1) is 10.0 Å². The summed E-state index contributed by atoms with van der Waals surface area (Å²) in [5, 5.41) is 3.14. The Labute approximate surface area is 118 Å². The second-order valence-electron chi connectivity index (χ2n) is 4.00. The zero-order valence-electron chi connectivity index (χ0n) is 8.37. The van der Waals surface area contributed by atoms with Crippen molar-refractivity contribution in [2.24, 2.45) is 5.41 Å². The summed E-state index contributed by atoms with van der Waals surface area (Å²) in [5.41, 5.74) is 1.42. The van der Waals surface area contributed by atoms with E-state index < -0.39 is 0 Å². The van der Waals surface area contributed by atoms with Crippen LogP contribution in [0.1, 0.15) is 12.5 Å². The molecule has 1 aromatic rings. The van der Waals surface area contributed by atoms with E-state index in [9.17, 15) is 0 Å². The molecule has 0 atom stereocenters. The van der Waals surface area contributed by atoms with Crippen molar-refractivity contribution in [2.75, 3.05) is 10.7 Å². The standard InChI is InChI=1S/C11H12Br2Cl2/c1-11(6-12,7-13)5-8-2-3-9(14)10(15)4-8/h2-4H,5-7H2,1H3. The first-order valence-corrected chi connectivity index (χ1v) is 7.56. The molecule has 0 aliphatic heterocycles. The maximum Gasteiger partial charge on any atom is 0.0595 e. The molecule has 0 bridgehead atoms. The van der Waals surface area contributed by atoms with Crippen molar-refractivity contribution in [3.63, 3.8) is 0 Å². The van der Waals surface area contributed by atoms with Gasteiger partial charge in [0.2, 0.25) is 0 Å². The Morgan fingerprint density at radius 1 is 1.13 bits per heavy atom. The highest BCUT2D eigenvalue weighted by atomic mass is 79.9. The predicted octanol–water partition coefficient (Wildman–Crippen LogP) is 5.33. The van der Waals surface area contributed by atoms with Gasteiger partial charge in [-0.25, -0.2) is 0 Å². The van der Waals surface area contributed by atoms with Crippen LogP contribution in [0.2, 0.25) is 10.0 Å². The highest BCUT2D eigenvalue weighted by Gasteiger charge is 2.22. The van der Waals surface area contributed by atoms with E-state index in [0.717, 1.165) is 17.1 Å². The summed E-state index contributed by atoms with van der Waals surface area (Å²) in [7, 11) is 0. The monoisotopic (exact) mass is 372 g/mol. The first kappa shape index (κ1) is 13.8. The summed E-state index contributed by atoms with van der Waals surface area (Å²) >= 11 is 18.9. The maximum atomic E-state index is 5.97. The van der Waals surface area contributed by atoms with Crippen LogP contribution in [0.15, 0.2) is 18.2 Å². The van der Waals surface area contributed by atoms with Gasteiger partial charge in [0.1, 0.15) is 0 Å². The van der Waals surface area contributed by atoms with Crippen LogP contribution in [0, 0.1) is 5.41 Å². The summed E-state index contributed by atoms with van der Waals surface area (Å²) in [4.78, 5) is 0. The molecule has 1 aromatic carbocycles. The van der Waals surface area contributed by atoms with Crippen LogP contribution >= 0.6 is 55.1 Å². The largest absolute Gasteiger partial charge is 0.0922 e. The Morgan fingerprint density at radius 2 is 1.73 bits per heavy atom. The Morgan fingerprint density at radius 3 is 2.20 bits per heavy atom. The first-order chi connectivity index (χ1) is 7.00. The molecule has 0 nitrogen and oxygen atoms in total. The van der Waals surface area contributed by atoms with E-state index >= 15 is 0 Å². The number of benzene rings is 1. The molecule has 0 radical (unpaired) electrons. The maximum absolute atomic E-state index is 5.97. The number of rotatable bonds is 4. The topological polar surface area (TPSA) is 0 Å². The minimum absolute atomic E-state index is 0.206. The van der Waals surface area contributed by atoms with Gasteiger partial charge in [-0.1, -0.05) is 68.1 Å². The smallest absolute Gasteiger partial charge is 0.0595 e. The Kier molecular flexibility index (Phi) is 5.44. The summed E-state index contributed by atoms with van der Waals surface area (Å²) in [6.07, 6.45) is 0.973. The minimum Gasteiger partial charge on any atom is -0.0922 e. The van der Waals surface area contributed by atoms with E-state index in [4.69, 9.17) is 23.2 Å².